The van der Waals surface area contributed by atoms with Crippen molar-refractivity contribution in [1.82, 2.24) is 15.1 Å². The molecule has 0 saturated carbocycles. The first-order chi connectivity index (χ1) is 16.4. The fourth-order valence-electron chi connectivity index (χ4n) is 3.50. The SMILES string of the molecule is CC(C)c1ccc(-c2noc(CCC(=O)N(Cc3ccccn3)c3ccc(F)cc3F)n2)cc1. The van der Waals surface area contributed by atoms with E-state index in [9.17, 15) is 13.6 Å². The maximum Gasteiger partial charge on any atom is 0.227 e. The Bertz CT molecular complexity index is 1260. The summed E-state index contributed by atoms with van der Waals surface area (Å²) in [5.74, 6) is -0.764. The van der Waals surface area contributed by atoms with Crippen molar-refractivity contribution >= 4 is 11.6 Å². The summed E-state index contributed by atoms with van der Waals surface area (Å²) in [6.45, 7) is 4.28. The Morgan fingerprint density at radius 2 is 1.85 bits per heavy atom. The van der Waals surface area contributed by atoms with E-state index < -0.39 is 11.6 Å². The van der Waals surface area contributed by atoms with Crippen LogP contribution in [0.25, 0.3) is 11.4 Å². The molecular weight excluding hydrogens is 438 g/mol. The van der Waals surface area contributed by atoms with E-state index in [2.05, 4.69) is 29.0 Å². The largest absolute Gasteiger partial charge is 0.339 e. The molecule has 2 aromatic carbocycles. The molecule has 0 atom stereocenters. The molecule has 0 aliphatic rings. The Morgan fingerprint density at radius 1 is 1.06 bits per heavy atom. The van der Waals surface area contributed by atoms with E-state index in [1.54, 1.807) is 24.4 Å². The highest BCUT2D eigenvalue weighted by atomic mass is 19.1. The summed E-state index contributed by atoms with van der Waals surface area (Å²) in [5, 5.41) is 4.01. The lowest BCUT2D eigenvalue weighted by Gasteiger charge is -2.23. The molecule has 0 spiro atoms. The number of carbonyl (C=O) groups excluding carboxylic acids is 1. The standard InChI is InChI=1S/C26H24F2N4O2/c1-17(2)18-6-8-19(9-7-18)26-30-24(34-31-26)12-13-25(33)32(16-21-5-3-4-14-29-21)23-11-10-20(27)15-22(23)28/h3-11,14-15,17H,12-13,16H2,1-2H3. The second-order valence-corrected chi connectivity index (χ2v) is 8.19. The van der Waals surface area contributed by atoms with Gasteiger partial charge in [0.25, 0.3) is 0 Å². The predicted octanol–water partition coefficient (Wildman–Crippen LogP) is 5.70. The van der Waals surface area contributed by atoms with Gasteiger partial charge in [-0.25, -0.2) is 8.78 Å². The van der Waals surface area contributed by atoms with Crippen molar-refractivity contribution in [2.45, 2.75) is 39.2 Å². The quantitative estimate of drug-likeness (QED) is 0.336. The van der Waals surface area contributed by atoms with Gasteiger partial charge in [0.05, 0.1) is 17.9 Å². The number of nitrogens with zero attached hydrogens (tertiary/aromatic N) is 4. The van der Waals surface area contributed by atoms with Crippen molar-refractivity contribution in [3.8, 4) is 11.4 Å². The van der Waals surface area contributed by atoms with Crippen LogP contribution < -0.4 is 4.90 Å². The molecule has 2 aromatic heterocycles. The van der Waals surface area contributed by atoms with E-state index >= 15 is 0 Å². The van der Waals surface area contributed by atoms with Gasteiger partial charge in [-0.3, -0.25) is 9.78 Å². The molecule has 0 N–H and O–H groups in total. The van der Waals surface area contributed by atoms with Crippen LogP contribution in [0.2, 0.25) is 0 Å². The summed E-state index contributed by atoms with van der Waals surface area (Å²) in [4.78, 5) is 22.9. The summed E-state index contributed by atoms with van der Waals surface area (Å²) in [5.41, 5.74) is 2.58. The number of aromatic nitrogens is 3. The van der Waals surface area contributed by atoms with Crippen molar-refractivity contribution < 1.29 is 18.1 Å². The van der Waals surface area contributed by atoms with Crippen LogP contribution in [-0.4, -0.2) is 21.0 Å². The summed E-state index contributed by atoms with van der Waals surface area (Å²) < 4.78 is 33.3. The Labute approximate surface area is 196 Å². The van der Waals surface area contributed by atoms with Gasteiger partial charge in [-0.15, -0.1) is 0 Å². The first kappa shape index (κ1) is 23.2. The minimum absolute atomic E-state index is 0.00241. The zero-order chi connectivity index (χ0) is 24.1. The number of rotatable bonds is 8. The average Bonchev–Trinajstić information content (AvgIpc) is 3.31. The molecule has 0 radical (unpaired) electrons. The first-order valence-corrected chi connectivity index (χ1v) is 11.0. The molecule has 4 aromatic rings. The number of benzene rings is 2. The Balaban J connectivity index is 1.48. The second kappa shape index (κ2) is 10.3. The van der Waals surface area contributed by atoms with Crippen LogP contribution in [0.4, 0.5) is 14.5 Å². The summed E-state index contributed by atoms with van der Waals surface area (Å²) in [7, 11) is 0. The normalized spacial score (nSPS) is 11.1. The summed E-state index contributed by atoms with van der Waals surface area (Å²) >= 11 is 0. The minimum atomic E-state index is -0.825. The van der Waals surface area contributed by atoms with Crippen LogP contribution in [0.5, 0.6) is 0 Å². The molecule has 0 saturated heterocycles. The molecule has 4 rings (SSSR count). The van der Waals surface area contributed by atoms with E-state index in [1.165, 1.54) is 16.5 Å². The zero-order valence-electron chi connectivity index (χ0n) is 18.9. The molecule has 0 unspecified atom stereocenters. The van der Waals surface area contributed by atoms with E-state index in [4.69, 9.17) is 4.52 Å². The van der Waals surface area contributed by atoms with Crippen molar-refractivity contribution in [2.75, 3.05) is 4.90 Å². The van der Waals surface area contributed by atoms with E-state index in [0.717, 1.165) is 17.7 Å². The topological polar surface area (TPSA) is 72.1 Å². The van der Waals surface area contributed by atoms with E-state index in [-0.39, 0.29) is 31.0 Å². The minimum Gasteiger partial charge on any atom is -0.339 e. The molecule has 6 nitrogen and oxygen atoms in total. The first-order valence-electron chi connectivity index (χ1n) is 11.0. The maximum absolute atomic E-state index is 14.5. The van der Waals surface area contributed by atoms with Crippen molar-refractivity contribution in [2.24, 2.45) is 0 Å². The number of pyridine rings is 1. The monoisotopic (exact) mass is 462 g/mol. The van der Waals surface area contributed by atoms with E-state index in [1.807, 2.05) is 24.3 Å². The molecule has 34 heavy (non-hydrogen) atoms. The third-order valence-corrected chi connectivity index (χ3v) is 5.40. The fourth-order valence-corrected chi connectivity index (χ4v) is 3.50. The molecular formula is C26H24F2N4O2. The Hall–Kier alpha value is -3.94. The van der Waals surface area contributed by atoms with Gasteiger partial charge in [0.1, 0.15) is 11.6 Å². The van der Waals surface area contributed by atoms with Crippen LogP contribution in [-0.2, 0) is 17.8 Å². The molecule has 2 heterocycles. The number of carbonyl (C=O) groups is 1. The molecule has 174 valence electrons. The van der Waals surface area contributed by atoms with Gasteiger partial charge in [-0.1, -0.05) is 49.3 Å². The lowest BCUT2D eigenvalue weighted by molar-refractivity contribution is -0.118. The zero-order valence-corrected chi connectivity index (χ0v) is 18.9. The van der Waals surface area contributed by atoms with Gasteiger partial charge in [-0.2, -0.15) is 4.98 Å². The molecule has 8 heteroatoms. The van der Waals surface area contributed by atoms with Gasteiger partial charge in [0.15, 0.2) is 0 Å². The van der Waals surface area contributed by atoms with Gasteiger partial charge >= 0.3 is 0 Å². The number of halogens is 2. The second-order valence-electron chi connectivity index (χ2n) is 8.19. The highest BCUT2D eigenvalue weighted by molar-refractivity contribution is 5.93. The van der Waals surface area contributed by atoms with Gasteiger partial charge in [-0.05, 0) is 35.7 Å². The number of anilines is 1. The molecule has 0 fully saturated rings. The van der Waals surface area contributed by atoms with Crippen LogP contribution in [0.15, 0.2) is 71.4 Å². The van der Waals surface area contributed by atoms with Crippen molar-refractivity contribution in [3.63, 3.8) is 0 Å². The van der Waals surface area contributed by atoms with Crippen LogP contribution in [0.3, 0.4) is 0 Å². The number of hydrogen-bond acceptors (Lipinski definition) is 5. The van der Waals surface area contributed by atoms with Gasteiger partial charge in [0.2, 0.25) is 17.6 Å². The summed E-state index contributed by atoms with van der Waals surface area (Å²) in [6, 6.07) is 16.3. The lowest BCUT2D eigenvalue weighted by Crippen LogP contribution is -2.31. The number of amides is 1. The van der Waals surface area contributed by atoms with Crippen LogP contribution in [0, 0.1) is 11.6 Å². The smallest absolute Gasteiger partial charge is 0.227 e. The molecule has 0 aliphatic carbocycles. The van der Waals surface area contributed by atoms with Gasteiger partial charge in [0, 0.05) is 30.7 Å². The average molecular weight is 462 g/mol. The van der Waals surface area contributed by atoms with Gasteiger partial charge < -0.3 is 9.42 Å². The van der Waals surface area contributed by atoms with E-state index in [0.29, 0.717) is 23.3 Å². The predicted molar refractivity (Wildman–Crippen MR) is 124 cm³/mol. The molecule has 0 aliphatic heterocycles. The number of hydrogen-bond donors (Lipinski definition) is 0. The number of aryl methyl sites for hydroxylation is 1. The summed E-state index contributed by atoms with van der Waals surface area (Å²) in [6.07, 6.45) is 1.77. The maximum atomic E-state index is 14.5. The molecule has 0 bridgehead atoms. The van der Waals surface area contributed by atoms with Crippen molar-refractivity contribution in [1.29, 1.82) is 0 Å². The lowest BCUT2D eigenvalue weighted by atomic mass is 10.0. The highest BCUT2D eigenvalue weighted by Gasteiger charge is 2.21. The molecule has 1 amide bonds. The Morgan fingerprint density at radius 3 is 2.53 bits per heavy atom. The van der Waals surface area contributed by atoms with Crippen LogP contribution in [0.1, 0.15) is 43.3 Å². The third kappa shape index (κ3) is 5.51. The Kier molecular flexibility index (Phi) is 7.06. The van der Waals surface area contributed by atoms with Crippen molar-refractivity contribution in [3.05, 3.63) is 95.6 Å². The third-order valence-electron chi connectivity index (χ3n) is 5.40. The van der Waals surface area contributed by atoms with Crippen LogP contribution >= 0.6 is 0 Å². The fraction of sp³-hybridized carbons (Fsp3) is 0.231. The highest BCUT2D eigenvalue weighted by Crippen LogP contribution is 2.24.